The highest BCUT2D eigenvalue weighted by molar-refractivity contribution is 7.99. The second-order valence-corrected chi connectivity index (χ2v) is 6.56. The summed E-state index contributed by atoms with van der Waals surface area (Å²) in [6.07, 6.45) is 5.81. The van der Waals surface area contributed by atoms with Gasteiger partial charge < -0.3 is 14.5 Å². The maximum atomic E-state index is 11.9. The van der Waals surface area contributed by atoms with Gasteiger partial charge in [-0.05, 0) is 37.4 Å². The van der Waals surface area contributed by atoms with E-state index in [1.165, 1.54) is 11.8 Å². The number of carbonyl (C=O) groups is 1. The van der Waals surface area contributed by atoms with E-state index in [4.69, 9.17) is 4.74 Å². The second-order valence-electron chi connectivity index (χ2n) is 5.38. The van der Waals surface area contributed by atoms with Gasteiger partial charge in [0.2, 0.25) is 5.91 Å². The molecule has 0 aliphatic heterocycles. The first-order valence-electron chi connectivity index (χ1n) is 7.65. The molecule has 1 amide bonds. The van der Waals surface area contributed by atoms with Gasteiger partial charge >= 0.3 is 0 Å². The zero-order valence-electron chi connectivity index (χ0n) is 13.6. The maximum Gasteiger partial charge on any atom is 0.237 e. The predicted octanol–water partition coefficient (Wildman–Crippen LogP) is 3.60. The minimum Gasteiger partial charge on any atom is -0.487 e. The zero-order valence-corrected chi connectivity index (χ0v) is 14.4. The van der Waals surface area contributed by atoms with E-state index >= 15 is 0 Å². The van der Waals surface area contributed by atoms with Crippen LogP contribution in [0.1, 0.15) is 12.6 Å². The molecule has 0 aliphatic carbocycles. The summed E-state index contributed by atoms with van der Waals surface area (Å²) in [5.74, 6) is 0.682. The Bertz CT molecular complexity index is 814. The summed E-state index contributed by atoms with van der Waals surface area (Å²) in [5, 5.41) is 2.80. The van der Waals surface area contributed by atoms with Crippen LogP contribution in [0.15, 0.2) is 54.9 Å². The van der Waals surface area contributed by atoms with Crippen molar-refractivity contribution < 1.29 is 9.53 Å². The van der Waals surface area contributed by atoms with Gasteiger partial charge in [0, 0.05) is 24.1 Å². The van der Waals surface area contributed by atoms with E-state index in [1.54, 1.807) is 0 Å². The number of nitrogens with one attached hydrogen (secondary N) is 1. The van der Waals surface area contributed by atoms with Crippen LogP contribution in [0.4, 0.5) is 5.69 Å². The molecule has 0 radical (unpaired) electrons. The first-order chi connectivity index (χ1) is 11.7. The minimum absolute atomic E-state index is 0.0139. The van der Waals surface area contributed by atoms with Gasteiger partial charge in [0.15, 0.2) is 0 Å². The molecule has 0 spiro atoms. The standard InChI is InChI=1S/C18H19N3O2S/c1-13(24-2)18(22)20-14-6-5-7-16(10-14)23-12-15-11-21-9-4-3-8-17(21)19-15/h3-11,13H,12H2,1-2H3,(H,20,22)/t13-/m1/s1. The number of fused-ring (bicyclic) bond motifs is 1. The first-order valence-corrected chi connectivity index (χ1v) is 8.93. The molecule has 1 aromatic carbocycles. The Labute approximate surface area is 145 Å². The summed E-state index contributed by atoms with van der Waals surface area (Å²) in [6, 6.07) is 13.3. The van der Waals surface area contributed by atoms with Crippen molar-refractivity contribution in [1.29, 1.82) is 0 Å². The topological polar surface area (TPSA) is 55.6 Å². The molecule has 0 bridgehead atoms. The maximum absolute atomic E-state index is 11.9. The average molecular weight is 341 g/mol. The fourth-order valence-electron chi connectivity index (χ4n) is 2.23. The molecule has 2 heterocycles. The molecule has 1 atom stereocenters. The first kappa shape index (κ1) is 16.4. The molecule has 1 N–H and O–H groups in total. The van der Waals surface area contributed by atoms with Gasteiger partial charge in [-0.1, -0.05) is 12.1 Å². The van der Waals surface area contributed by atoms with Crippen molar-refractivity contribution in [3.8, 4) is 5.75 Å². The summed E-state index contributed by atoms with van der Waals surface area (Å²) in [4.78, 5) is 16.4. The fraction of sp³-hybridized carbons (Fsp3) is 0.222. The van der Waals surface area contributed by atoms with Crippen molar-refractivity contribution in [1.82, 2.24) is 9.38 Å². The lowest BCUT2D eigenvalue weighted by Crippen LogP contribution is -2.21. The van der Waals surface area contributed by atoms with E-state index in [9.17, 15) is 4.79 Å². The third-order valence-electron chi connectivity index (χ3n) is 3.62. The molecule has 0 aliphatic rings. The van der Waals surface area contributed by atoms with Crippen LogP contribution < -0.4 is 10.1 Å². The number of imidazole rings is 1. The normalized spacial score (nSPS) is 12.1. The highest BCUT2D eigenvalue weighted by atomic mass is 32.2. The van der Waals surface area contributed by atoms with Crippen molar-refractivity contribution in [3.05, 3.63) is 60.6 Å². The Morgan fingerprint density at radius 2 is 2.21 bits per heavy atom. The second kappa shape index (κ2) is 7.40. The third-order valence-corrected chi connectivity index (χ3v) is 4.55. The van der Waals surface area contributed by atoms with Crippen molar-refractivity contribution in [2.24, 2.45) is 0 Å². The van der Waals surface area contributed by atoms with Crippen LogP contribution in [-0.4, -0.2) is 26.8 Å². The third kappa shape index (κ3) is 3.89. The number of amides is 1. The number of pyridine rings is 1. The van der Waals surface area contributed by atoms with Gasteiger partial charge in [0.25, 0.3) is 0 Å². The molecule has 0 saturated heterocycles. The van der Waals surface area contributed by atoms with Gasteiger partial charge in [-0.2, -0.15) is 11.8 Å². The van der Waals surface area contributed by atoms with Crippen LogP contribution in [0.2, 0.25) is 0 Å². The van der Waals surface area contributed by atoms with Crippen LogP contribution >= 0.6 is 11.8 Å². The van der Waals surface area contributed by atoms with Gasteiger partial charge in [-0.15, -0.1) is 0 Å². The molecule has 5 nitrogen and oxygen atoms in total. The van der Waals surface area contributed by atoms with Crippen LogP contribution in [0.5, 0.6) is 5.75 Å². The number of nitrogens with zero attached hydrogens (tertiary/aromatic N) is 2. The summed E-state index contributed by atoms with van der Waals surface area (Å²) < 4.78 is 7.76. The van der Waals surface area contributed by atoms with Crippen LogP contribution in [0.3, 0.4) is 0 Å². The molecule has 3 rings (SSSR count). The lowest BCUT2D eigenvalue weighted by Gasteiger charge is -2.11. The Morgan fingerprint density at radius 3 is 3.00 bits per heavy atom. The highest BCUT2D eigenvalue weighted by Gasteiger charge is 2.11. The van der Waals surface area contributed by atoms with E-state index in [0.29, 0.717) is 12.4 Å². The quantitative estimate of drug-likeness (QED) is 0.744. The fourth-order valence-corrected chi connectivity index (χ4v) is 2.50. The number of ether oxygens (including phenoxy) is 1. The van der Waals surface area contributed by atoms with Gasteiger partial charge in [-0.25, -0.2) is 4.98 Å². The molecule has 6 heteroatoms. The van der Waals surface area contributed by atoms with E-state index < -0.39 is 0 Å². The number of anilines is 1. The van der Waals surface area contributed by atoms with Crippen molar-refractivity contribution in [2.45, 2.75) is 18.8 Å². The number of carbonyl (C=O) groups excluding carboxylic acids is 1. The number of rotatable bonds is 6. The Balaban J connectivity index is 1.65. The van der Waals surface area contributed by atoms with E-state index in [-0.39, 0.29) is 11.2 Å². The lowest BCUT2D eigenvalue weighted by atomic mass is 10.3. The molecule has 0 saturated carbocycles. The van der Waals surface area contributed by atoms with Crippen molar-refractivity contribution in [3.63, 3.8) is 0 Å². The molecule has 2 aromatic heterocycles. The Morgan fingerprint density at radius 1 is 1.33 bits per heavy atom. The number of hydrogen-bond acceptors (Lipinski definition) is 4. The van der Waals surface area contributed by atoms with Crippen molar-refractivity contribution >= 4 is 29.0 Å². The molecule has 0 unspecified atom stereocenters. The molecule has 124 valence electrons. The van der Waals surface area contributed by atoms with Crippen LogP contribution in [0, 0.1) is 0 Å². The van der Waals surface area contributed by atoms with E-state index in [0.717, 1.165) is 17.0 Å². The number of hydrogen-bond donors (Lipinski definition) is 1. The predicted molar refractivity (Wildman–Crippen MR) is 97.6 cm³/mol. The van der Waals surface area contributed by atoms with E-state index in [2.05, 4.69) is 10.3 Å². The molecule has 3 aromatic rings. The minimum atomic E-state index is -0.0902. The summed E-state index contributed by atoms with van der Waals surface area (Å²) >= 11 is 1.51. The van der Waals surface area contributed by atoms with Gasteiger partial charge in [0.1, 0.15) is 18.0 Å². The SMILES string of the molecule is CS[C@H](C)C(=O)Nc1cccc(OCc2cn3ccccc3n2)c1. The van der Waals surface area contributed by atoms with Crippen LogP contribution in [0.25, 0.3) is 5.65 Å². The van der Waals surface area contributed by atoms with Gasteiger partial charge in [-0.3, -0.25) is 4.79 Å². The number of benzene rings is 1. The Kier molecular flexibility index (Phi) is 5.05. The van der Waals surface area contributed by atoms with Crippen molar-refractivity contribution in [2.75, 3.05) is 11.6 Å². The molecular weight excluding hydrogens is 322 g/mol. The van der Waals surface area contributed by atoms with Crippen LogP contribution in [-0.2, 0) is 11.4 Å². The Hall–Kier alpha value is -2.47. The zero-order chi connectivity index (χ0) is 16.9. The van der Waals surface area contributed by atoms with E-state index in [1.807, 2.05) is 72.4 Å². The molecule has 24 heavy (non-hydrogen) atoms. The lowest BCUT2D eigenvalue weighted by molar-refractivity contribution is -0.115. The number of aromatic nitrogens is 2. The average Bonchev–Trinajstić information content (AvgIpc) is 3.02. The summed E-state index contributed by atoms with van der Waals surface area (Å²) in [5.41, 5.74) is 2.48. The molecule has 0 fully saturated rings. The summed E-state index contributed by atoms with van der Waals surface area (Å²) in [7, 11) is 0. The monoisotopic (exact) mass is 341 g/mol. The smallest absolute Gasteiger partial charge is 0.237 e. The number of thioether (sulfide) groups is 1. The summed E-state index contributed by atoms with van der Waals surface area (Å²) in [6.45, 7) is 2.25. The highest BCUT2D eigenvalue weighted by Crippen LogP contribution is 2.20. The molecular formula is C18H19N3O2S. The largest absolute Gasteiger partial charge is 0.487 e. The van der Waals surface area contributed by atoms with Gasteiger partial charge in [0.05, 0.1) is 10.9 Å².